The molecule has 0 fully saturated rings. The third-order valence-electron chi connectivity index (χ3n) is 3.18. The second kappa shape index (κ2) is 4.74. The summed E-state index contributed by atoms with van der Waals surface area (Å²) in [4.78, 5) is 0. The molecule has 1 aliphatic rings. The highest BCUT2D eigenvalue weighted by Crippen LogP contribution is 2.37. The first-order valence-electron chi connectivity index (χ1n) is 5.69. The summed E-state index contributed by atoms with van der Waals surface area (Å²) < 4.78 is 10.5. The Morgan fingerprint density at radius 2 is 1.81 bits per heavy atom. The molecule has 0 saturated heterocycles. The Hall–Kier alpha value is -1.22. The van der Waals surface area contributed by atoms with E-state index >= 15 is 0 Å². The Balaban J connectivity index is 2.47. The molecule has 1 aromatic carbocycles. The molecule has 1 N–H and O–H groups in total. The summed E-state index contributed by atoms with van der Waals surface area (Å²) in [6.45, 7) is 0. The van der Waals surface area contributed by atoms with Crippen LogP contribution in [0.25, 0.3) is 0 Å². The van der Waals surface area contributed by atoms with Crippen molar-refractivity contribution < 1.29 is 14.6 Å². The third-order valence-corrected chi connectivity index (χ3v) is 3.18. The monoisotopic (exact) mass is 222 g/mol. The van der Waals surface area contributed by atoms with E-state index in [2.05, 4.69) is 0 Å². The molecular weight excluding hydrogens is 204 g/mol. The van der Waals surface area contributed by atoms with E-state index in [-0.39, 0.29) is 6.10 Å². The Kier molecular flexibility index (Phi) is 3.34. The molecule has 3 heteroatoms. The molecule has 1 aliphatic carbocycles. The molecule has 1 atom stereocenters. The van der Waals surface area contributed by atoms with Gasteiger partial charge in [-0.05, 0) is 42.5 Å². The van der Waals surface area contributed by atoms with Crippen LogP contribution in [0.2, 0.25) is 0 Å². The first-order valence-corrected chi connectivity index (χ1v) is 5.69. The fourth-order valence-electron chi connectivity index (χ4n) is 2.27. The third kappa shape index (κ3) is 2.00. The Morgan fingerprint density at radius 3 is 2.50 bits per heavy atom. The summed E-state index contributed by atoms with van der Waals surface area (Å²) in [5.74, 6) is 1.44. The van der Waals surface area contributed by atoms with E-state index in [4.69, 9.17) is 9.47 Å². The van der Waals surface area contributed by atoms with Gasteiger partial charge in [0.15, 0.2) is 11.5 Å². The van der Waals surface area contributed by atoms with Crippen molar-refractivity contribution in [1.29, 1.82) is 0 Å². The first kappa shape index (κ1) is 11.3. The number of benzene rings is 1. The second-order valence-corrected chi connectivity index (χ2v) is 4.17. The van der Waals surface area contributed by atoms with Gasteiger partial charge in [-0.25, -0.2) is 0 Å². The van der Waals surface area contributed by atoms with Crippen LogP contribution in [-0.2, 0) is 6.42 Å². The largest absolute Gasteiger partial charge is 0.493 e. The molecule has 0 aromatic heterocycles. The van der Waals surface area contributed by atoms with Crippen LogP contribution < -0.4 is 9.47 Å². The number of rotatable bonds is 2. The van der Waals surface area contributed by atoms with Gasteiger partial charge in [-0.1, -0.05) is 6.42 Å². The molecule has 1 aromatic rings. The first-order chi connectivity index (χ1) is 7.76. The van der Waals surface area contributed by atoms with E-state index in [1.807, 2.05) is 12.1 Å². The maximum absolute atomic E-state index is 10.0. The van der Waals surface area contributed by atoms with Crippen LogP contribution in [0, 0.1) is 0 Å². The van der Waals surface area contributed by atoms with Gasteiger partial charge in [-0.3, -0.25) is 0 Å². The number of methoxy groups -OCH3 is 2. The number of aliphatic hydroxyl groups is 1. The van der Waals surface area contributed by atoms with Gasteiger partial charge in [0.1, 0.15) is 0 Å². The lowest BCUT2D eigenvalue weighted by Gasteiger charge is -2.15. The van der Waals surface area contributed by atoms with Crippen LogP contribution >= 0.6 is 0 Å². The van der Waals surface area contributed by atoms with Crippen molar-refractivity contribution in [3.63, 3.8) is 0 Å². The highest BCUT2D eigenvalue weighted by molar-refractivity contribution is 5.48. The molecule has 0 heterocycles. The lowest BCUT2D eigenvalue weighted by Crippen LogP contribution is -2.01. The Morgan fingerprint density at radius 1 is 1.12 bits per heavy atom. The van der Waals surface area contributed by atoms with Crippen molar-refractivity contribution in [3.8, 4) is 11.5 Å². The predicted molar refractivity (Wildman–Crippen MR) is 62.1 cm³/mol. The zero-order valence-corrected chi connectivity index (χ0v) is 9.82. The lowest BCUT2D eigenvalue weighted by molar-refractivity contribution is 0.166. The van der Waals surface area contributed by atoms with Gasteiger partial charge < -0.3 is 14.6 Å². The number of aryl methyl sites for hydroxylation is 1. The topological polar surface area (TPSA) is 38.7 Å². The summed E-state index contributed by atoms with van der Waals surface area (Å²) in [6.07, 6.45) is 3.67. The minimum absolute atomic E-state index is 0.364. The van der Waals surface area contributed by atoms with Crippen molar-refractivity contribution >= 4 is 0 Å². The fourth-order valence-corrected chi connectivity index (χ4v) is 2.27. The number of fused-ring (bicyclic) bond motifs is 1. The van der Waals surface area contributed by atoms with E-state index in [1.165, 1.54) is 5.56 Å². The van der Waals surface area contributed by atoms with Crippen LogP contribution in [0.3, 0.4) is 0 Å². The van der Waals surface area contributed by atoms with E-state index < -0.39 is 0 Å². The van der Waals surface area contributed by atoms with Gasteiger partial charge in [0.25, 0.3) is 0 Å². The molecule has 0 amide bonds. The van der Waals surface area contributed by atoms with Crippen LogP contribution in [0.15, 0.2) is 12.1 Å². The minimum atomic E-state index is -0.364. The smallest absolute Gasteiger partial charge is 0.161 e. The van der Waals surface area contributed by atoms with Crippen molar-refractivity contribution in [2.75, 3.05) is 14.2 Å². The maximum Gasteiger partial charge on any atom is 0.161 e. The quantitative estimate of drug-likeness (QED) is 0.781. The minimum Gasteiger partial charge on any atom is -0.493 e. The zero-order chi connectivity index (χ0) is 11.5. The van der Waals surface area contributed by atoms with E-state index in [9.17, 15) is 5.11 Å². The molecule has 0 bridgehead atoms. The molecule has 16 heavy (non-hydrogen) atoms. The Bertz CT molecular complexity index is 374. The molecule has 0 saturated carbocycles. The summed E-state index contributed by atoms with van der Waals surface area (Å²) in [5.41, 5.74) is 2.18. The molecule has 2 rings (SSSR count). The molecule has 3 nitrogen and oxygen atoms in total. The average Bonchev–Trinajstić information content (AvgIpc) is 2.49. The van der Waals surface area contributed by atoms with Crippen molar-refractivity contribution in [3.05, 3.63) is 23.3 Å². The second-order valence-electron chi connectivity index (χ2n) is 4.17. The van der Waals surface area contributed by atoms with Crippen molar-refractivity contribution in [1.82, 2.24) is 0 Å². The summed E-state index contributed by atoms with van der Waals surface area (Å²) in [5, 5.41) is 10.0. The molecular formula is C13H18O3. The van der Waals surface area contributed by atoms with Gasteiger partial charge in [0, 0.05) is 0 Å². The number of hydrogen-bond donors (Lipinski definition) is 1. The van der Waals surface area contributed by atoms with Crippen LogP contribution in [0.4, 0.5) is 0 Å². The molecule has 88 valence electrons. The van der Waals surface area contributed by atoms with Gasteiger partial charge in [-0.15, -0.1) is 0 Å². The average molecular weight is 222 g/mol. The lowest BCUT2D eigenvalue weighted by atomic mass is 10.00. The fraction of sp³-hybridized carbons (Fsp3) is 0.538. The van der Waals surface area contributed by atoms with E-state index in [0.29, 0.717) is 5.75 Å². The van der Waals surface area contributed by atoms with E-state index in [0.717, 1.165) is 37.0 Å². The number of ether oxygens (including phenoxy) is 2. The standard InChI is InChI=1S/C13H18O3/c1-15-12-7-9-5-3-4-6-11(14)10(9)8-13(12)16-2/h7-8,11,14H,3-6H2,1-2H3/t11-/m0/s1. The molecule has 0 aliphatic heterocycles. The SMILES string of the molecule is COc1cc2c(cc1OC)[C@@H](O)CCCC2. The molecule has 0 unspecified atom stereocenters. The van der Waals surface area contributed by atoms with Crippen molar-refractivity contribution in [2.45, 2.75) is 31.8 Å². The van der Waals surface area contributed by atoms with Crippen LogP contribution in [0.1, 0.15) is 36.5 Å². The maximum atomic E-state index is 10.0. The predicted octanol–water partition coefficient (Wildman–Crippen LogP) is 2.46. The summed E-state index contributed by atoms with van der Waals surface area (Å²) in [7, 11) is 3.25. The summed E-state index contributed by atoms with van der Waals surface area (Å²) in [6, 6.07) is 3.90. The Labute approximate surface area is 96.0 Å². The molecule has 0 spiro atoms. The van der Waals surface area contributed by atoms with Crippen LogP contribution in [-0.4, -0.2) is 19.3 Å². The zero-order valence-electron chi connectivity index (χ0n) is 9.82. The highest BCUT2D eigenvalue weighted by Gasteiger charge is 2.19. The van der Waals surface area contributed by atoms with Crippen LogP contribution in [0.5, 0.6) is 11.5 Å². The number of hydrogen-bond acceptors (Lipinski definition) is 3. The highest BCUT2D eigenvalue weighted by atomic mass is 16.5. The van der Waals surface area contributed by atoms with Crippen molar-refractivity contribution in [2.24, 2.45) is 0 Å². The van der Waals surface area contributed by atoms with Gasteiger partial charge >= 0.3 is 0 Å². The van der Waals surface area contributed by atoms with E-state index in [1.54, 1.807) is 14.2 Å². The molecule has 0 radical (unpaired) electrons. The normalized spacial score (nSPS) is 19.8. The van der Waals surface area contributed by atoms with Gasteiger partial charge in [-0.2, -0.15) is 0 Å². The summed E-state index contributed by atoms with van der Waals surface area (Å²) >= 11 is 0. The van der Waals surface area contributed by atoms with Gasteiger partial charge in [0.05, 0.1) is 20.3 Å². The number of aliphatic hydroxyl groups excluding tert-OH is 1. The van der Waals surface area contributed by atoms with Gasteiger partial charge in [0.2, 0.25) is 0 Å².